The van der Waals surface area contributed by atoms with Crippen LogP contribution in [0, 0.1) is 5.82 Å². The lowest BCUT2D eigenvalue weighted by molar-refractivity contribution is 0.0996. The van der Waals surface area contributed by atoms with E-state index in [9.17, 15) is 9.18 Å². The topological polar surface area (TPSA) is 83.6 Å². The van der Waals surface area contributed by atoms with Crippen LogP contribution in [0.1, 0.15) is 10.4 Å². The Balaban J connectivity index is 3.19. The minimum atomic E-state index is -1.74. The van der Waals surface area contributed by atoms with Crippen LogP contribution < -0.4 is 11.2 Å². The highest BCUT2D eigenvalue weighted by molar-refractivity contribution is 6.58. The molecular weight excluding hydrogens is 176 g/mol. The first-order valence-electron chi connectivity index (χ1n) is 3.47. The van der Waals surface area contributed by atoms with E-state index in [1.807, 2.05) is 0 Å². The van der Waals surface area contributed by atoms with Crippen molar-refractivity contribution in [2.45, 2.75) is 0 Å². The Morgan fingerprint density at radius 1 is 1.46 bits per heavy atom. The summed E-state index contributed by atoms with van der Waals surface area (Å²) in [5, 5.41) is 17.4. The summed E-state index contributed by atoms with van der Waals surface area (Å²) < 4.78 is 12.8. The Kier molecular flexibility index (Phi) is 2.65. The summed E-state index contributed by atoms with van der Waals surface area (Å²) in [6, 6.07) is 3.11. The number of halogens is 1. The highest BCUT2D eigenvalue weighted by Gasteiger charge is 2.15. The van der Waals surface area contributed by atoms with E-state index in [-0.39, 0.29) is 11.0 Å². The monoisotopic (exact) mass is 183 g/mol. The van der Waals surface area contributed by atoms with Crippen molar-refractivity contribution in [2.24, 2.45) is 5.73 Å². The molecule has 1 rings (SSSR count). The molecule has 0 radical (unpaired) electrons. The van der Waals surface area contributed by atoms with Gasteiger partial charge >= 0.3 is 7.12 Å². The van der Waals surface area contributed by atoms with E-state index >= 15 is 0 Å². The summed E-state index contributed by atoms with van der Waals surface area (Å²) in [5.74, 6) is -1.73. The number of nitrogens with two attached hydrogens (primary N) is 1. The third kappa shape index (κ3) is 2.04. The number of hydrogen-bond donors (Lipinski definition) is 3. The van der Waals surface area contributed by atoms with Crippen LogP contribution in [0.3, 0.4) is 0 Å². The molecule has 0 fully saturated rings. The number of primary amides is 1. The quantitative estimate of drug-likeness (QED) is 0.493. The molecule has 1 amide bonds. The van der Waals surface area contributed by atoms with Crippen molar-refractivity contribution in [3.05, 3.63) is 29.6 Å². The third-order valence-corrected chi connectivity index (χ3v) is 1.55. The molecule has 0 spiro atoms. The van der Waals surface area contributed by atoms with Crippen molar-refractivity contribution in [1.29, 1.82) is 0 Å². The number of carbonyl (C=O) groups is 1. The molecule has 13 heavy (non-hydrogen) atoms. The smallest absolute Gasteiger partial charge is 0.423 e. The molecule has 0 saturated heterocycles. The zero-order chi connectivity index (χ0) is 10.0. The first-order valence-corrected chi connectivity index (χ1v) is 3.47. The second kappa shape index (κ2) is 3.55. The van der Waals surface area contributed by atoms with Gasteiger partial charge in [0.15, 0.2) is 0 Å². The molecule has 0 aliphatic rings. The van der Waals surface area contributed by atoms with Crippen LogP contribution in [-0.4, -0.2) is 23.1 Å². The Labute approximate surface area is 73.9 Å². The van der Waals surface area contributed by atoms with Gasteiger partial charge < -0.3 is 15.8 Å². The van der Waals surface area contributed by atoms with Gasteiger partial charge in [0.25, 0.3) is 5.91 Å². The summed E-state index contributed by atoms with van der Waals surface area (Å²) in [4.78, 5) is 10.6. The maximum absolute atomic E-state index is 12.8. The molecule has 0 aliphatic carbocycles. The van der Waals surface area contributed by atoms with E-state index < -0.39 is 18.8 Å². The number of carbonyl (C=O) groups excluding carboxylic acids is 1. The number of hydrogen-bond acceptors (Lipinski definition) is 3. The minimum Gasteiger partial charge on any atom is -0.423 e. The SMILES string of the molecule is NC(=O)c1cc(B(O)O)ccc1F. The van der Waals surface area contributed by atoms with Crippen LogP contribution in [0.15, 0.2) is 18.2 Å². The maximum Gasteiger partial charge on any atom is 0.488 e. The summed E-state index contributed by atoms with van der Waals surface area (Å²) in [6.45, 7) is 0. The minimum absolute atomic E-state index is 0.0233. The zero-order valence-corrected chi connectivity index (χ0v) is 6.57. The lowest BCUT2D eigenvalue weighted by Gasteiger charge is -2.02. The van der Waals surface area contributed by atoms with E-state index in [4.69, 9.17) is 15.8 Å². The van der Waals surface area contributed by atoms with Gasteiger partial charge in [-0.15, -0.1) is 0 Å². The molecule has 0 aliphatic heterocycles. The Morgan fingerprint density at radius 3 is 2.54 bits per heavy atom. The molecule has 6 heteroatoms. The van der Waals surface area contributed by atoms with Crippen molar-refractivity contribution >= 4 is 18.5 Å². The fourth-order valence-electron chi connectivity index (χ4n) is 0.892. The molecule has 0 aromatic heterocycles. The highest BCUT2D eigenvalue weighted by atomic mass is 19.1. The normalized spacial score (nSPS) is 9.77. The van der Waals surface area contributed by atoms with Crippen molar-refractivity contribution in [3.8, 4) is 0 Å². The van der Waals surface area contributed by atoms with Gasteiger partial charge in [0, 0.05) is 0 Å². The number of amides is 1. The van der Waals surface area contributed by atoms with Crippen molar-refractivity contribution in [1.82, 2.24) is 0 Å². The maximum atomic E-state index is 12.8. The average Bonchev–Trinajstić information content (AvgIpc) is 2.04. The first-order chi connectivity index (χ1) is 6.02. The second-order valence-corrected chi connectivity index (χ2v) is 2.48. The van der Waals surface area contributed by atoms with Crippen molar-refractivity contribution in [2.75, 3.05) is 0 Å². The van der Waals surface area contributed by atoms with Gasteiger partial charge in [-0.3, -0.25) is 4.79 Å². The van der Waals surface area contributed by atoms with E-state index in [1.165, 1.54) is 0 Å². The Hall–Kier alpha value is -1.40. The van der Waals surface area contributed by atoms with E-state index in [0.29, 0.717) is 0 Å². The third-order valence-electron chi connectivity index (χ3n) is 1.55. The Bertz CT molecular complexity index is 343. The van der Waals surface area contributed by atoms with Crippen LogP contribution in [0.25, 0.3) is 0 Å². The Morgan fingerprint density at radius 2 is 2.08 bits per heavy atom. The molecule has 0 heterocycles. The molecular formula is C7H7BFNO3. The van der Waals surface area contributed by atoms with Gasteiger partial charge in [-0.1, -0.05) is 6.07 Å². The first kappa shape index (κ1) is 9.69. The van der Waals surface area contributed by atoms with Gasteiger partial charge in [-0.05, 0) is 17.6 Å². The summed E-state index contributed by atoms with van der Waals surface area (Å²) in [7, 11) is -1.74. The van der Waals surface area contributed by atoms with E-state index in [1.54, 1.807) is 0 Å². The molecule has 4 N–H and O–H groups in total. The van der Waals surface area contributed by atoms with E-state index in [2.05, 4.69) is 0 Å². The van der Waals surface area contributed by atoms with Gasteiger partial charge in [0.1, 0.15) is 5.82 Å². The van der Waals surface area contributed by atoms with Crippen LogP contribution in [0.4, 0.5) is 4.39 Å². The predicted molar refractivity (Wildman–Crippen MR) is 44.7 cm³/mol. The van der Waals surface area contributed by atoms with Crippen molar-refractivity contribution < 1.29 is 19.2 Å². The molecule has 4 nitrogen and oxygen atoms in total. The molecule has 0 bridgehead atoms. The van der Waals surface area contributed by atoms with Crippen molar-refractivity contribution in [3.63, 3.8) is 0 Å². The van der Waals surface area contributed by atoms with Gasteiger partial charge in [0.2, 0.25) is 0 Å². The lowest BCUT2D eigenvalue weighted by atomic mass is 9.79. The van der Waals surface area contributed by atoms with Gasteiger partial charge in [-0.25, -0.2) is 4.39 Å². The molecule has 1 aromatic rings. The van der Waals surface area contributed by atoms with Gasteiger partial charge in [-0.2, -0.15) is 0 Å². The fraction of sp³-hybridized carbons (Fsp3) is 0. The highest BCUT2D eigenvalue weighted by Crippen LogP contribution is 2.03. The summed E-state index contributed by atoms with van der Waals surface area (Å²) in [5.41, 5.74) is 4.51. The molecule has 68 valence electrons. The molecule has 0 unspecified atom stereocenters. The van der Waals surface area contributed by atoms with Crippen LogP contribution in [-0.2, 0) is 0 Å². The largest absolute Gasteiger partial charge is 0.488 e. The second-order valence-electron chi connectivity index (χ2n) is 2.48. The van der Waals surface area contributed by atoms with Crippen LogP contribution >= 0.6 is 0 Å². The van der Waals surface area contributed by atoms with Gasteiger partial charge in [0.05, 0.1) is 5.56 Å². The molecule has 0 atom stereocenters. The standard InChI is InChI=1S/C7H7BFNO3/c9-6-2-1-4(8(12)13)3-5(6)7(10)11/h1-3,12-13H,(H2,10,11). The number of rotatable bonds is 2. The summed E-state index contributed by atoms with van der Waals surface area (Å²) in [6.07, 6.45) is 0. The van der Waals surface area contributed by atoms with Crippen LogP contribution in [0.5, 0.6) is 0 Å². The molecule has 1 aromatic carbocycles. The number of benzene rings is 1. The van der Waals surface area contributed by atoms with Crippen LogP contribution in [0.2, 0.25) is 0 Å². The zero-order valence-electron chi connectivity index (χ0n) is 6.57. The summed E-state index contributed by atoms with van der Waals surface area (Å²) >= 11 is 0. The lowest BCUT2D eigenvalue weighted by Crippen LogP contribution is -2.31. The molecule has 0 saturated carbocycles. The average molecular weight is 183 g/mol. The van der Waals surface area contributed by atoms with E-state index in [0.717, 1.165) is 18.2 Å². The fourth-order valence-corrected chi connectivity index (χ4v) is 0.892. The predicted octanol–water partition coefficient (Wildman–Crippen LogP) is -1.40.